The molecule has 1 rings (SSSR count). The van der Waals surface area contributed by atoms with Crippen molar-refractivity contribution in [1.29, 1.82) is 0 Å². The highest BCUT2D eigenvalue weighted by Crippen LogP contribution is 2.29. The van der Waals surface area contributed by atoms with Gasteiger partial charge in [-0.2, -0.15) is 13.2 Å². The van der Waals surface area contributed by atoms with Gasteiger partial charge in [0, 0.05) is 12.4 Å². The second kappa shape index (κ2) is 8.38. The Morgan fingerprint density at radius 3 is 2.43 bits per heavy atom. The van der Waals surface area contributed by atoms with Crippen molar-refractivity contribution in [3.8, 4) is 0 Å². The van der Waals surface area contributed by atoms with Crippen molar-refractivity contribution in [2.75, 3.05) is 19.0 Å². The largest absolute Gasteiger partial charge is 0.416 e. The van der Waals surface area contributed by atoms with Gasteiger partial charge >= 0.3 is 6.18 Å². The van der Waals surface area contributed by atoms with Crippen molar-refractivity contribution in [2.24, 2.45) is 0 Å². The van der Waals surface area contributed by atoms with Gasteiger partial charge in [-0.05, 0) is 24.1 Å². The van der Waals surface area contributed by atoms with Crippen LogP contribution in [0.25, 0.3) is 0 Å². The van der Waals surface area contributed by atoms with Gasteiger partial charge in [0.25, 0.3) is 0 Å². The summed E-state index contributed by atoms with van der Waals surface area (Å²) >= 11 is 3.29. The van der Waals surface area contributed by atoms with Gasteiger partial charge in [-0.15, -0.1) is 0 Å². The quantitative estimate of drug-likeness (QED) is 0.751. The van der Waals surface area contributed by atoms with Crippen LogP contribution in [-0.4, -0.2) is 31.0 Å². The fourth-order valence-corrected chi connectivity index (χ4v) is 2.36. The Kier molecular flexibility index (Phi) is 7.17. The van der Waals surface area contributed by atoms with E-state index in [0.29, 0.717) is 18.6 Å². The number of rotatable bonds is 7. The summed E-state index contributed by atoms with van der Waals surface area (Å²) in [5.41, 5.74) is -0.182. The van der Waals surface area contributed by atoms with Gasteiger partial charge in [0.1, 0.15) is 0 Å². The summed E-state index contributed by atoms with van der Waals surface area (Å²) in [6.45, 7) is 0.393. The number of amides is 1. The molecule has 0 bridgehead atoms. The highest BCUT2D eigenvalue weighted by atomic mass is 79.9. The van der Waals surface area contributed by atoms with E-state index in [1.807, 2.05) is 0 Å². The van der Waals surface area contributed by atoms with Gasteiger partial charge in [-0.1, -0.05) is 28.1 Å². The Labute approximate surface area is 130 Å². The molecular formula is C14H17BrF3NO2. The first kappa shape index (κ1) is 18.0. The third-order valence-electron chi connectivity index (χ3n) is 2.84. The molecule has 3 nitrogen and oxygen atoms in total. The van der Waals surface area contributed by atoms with E-state index in [1.54, 1.807) is 7.11 Å². The van der Waals surface area contributed by atoms with Crippen molar-refractivity contribution in [2.45, 2.75) is 25.1 Å². The average Bonchev–Trinajstić information content (AvgIpc) is 2.38. The Hall–Kier alpha value is -1.08. The van der Waals surface area contributed by atoms with E-state index >= 15 is 0 Å². The van der Waals surface area contributed by atoms with Crippen molar-refractivity contribution in [3.63, 3.8) is 0 Å². The molecule has 1 unspecified atom stereocenters. The minimum absolute atomic E-state index is 0.0423. The number of ether oxygens (including phenoxy) is 1. The molecule has 0 saturated carbocycles. The summed E-state index contributed by atoms with van der Waals surface area (Å²) in [7, 11) is 1.54. The lowest BCUT2D eigenvalue weighted by atomic mass is 10.1. The zero-order valence-electron chi connectivity index (χ0n) is 11.5. The van der Waals surface area contributed by atoms with Crippen molar-refractivity contribution in [3.05, 3.63) is 35.4 Å². The number of nitrogens with one attached hydrogen (secondary N) is 1. The van der Waals surface area contributed by atoms with Crippen LogP contribution in [0.2, 0.25) is 0 Å². The van der Waals surface area contributed by atoms with Gasteiger partial charge < -0.3 is 10.1 Å². The fraction of sp³-hybridized carbons (Fsp3) is 0.500. The third-order valence-corrected chi connectivity index (χ3v) is 3.29. The molecule has 0 spiro atoms. The number of carbonyl (C=O) groups excluding carboxylic acids is 1. The van der Waals surface area contributed by atoms with Crippen LogP contribution < -0.4 is 5.32 Å². The molecule has 0 saturated heterocycles. The molecule has 7 heteroatoms. The number of hydrogen-bond acceptors (Lipinski definition) is 2. The summed E-state index contributed by atoms with van der Waals surface area (Å²) < 4.78 is 42.3. The van der Waals surface area contributed by atoms with Gasteiger partial charge in [-0.25, -0.2) is 0 Å². The van der Waals surface area contributed by atoms with Crippen LogP contribution in [0.4, 0.5) is 13.2 Å². The van der Waals surface area contributed by atoms with Crippen LogP contribution in [0.15, 0.2) is 24.3 Å². The maximum absolute atomic E-state index is 12.4. The first-order valence-electron chi connectivity index (χ1n) is 6.37. The summed E-state index contributed by atoms with van der Waals surface area (Å²) in [6.07, 6.45) is -3.60. The fourth-order valence-electron chi connectivity index (χ4n) is 1.81. The summed E-state index contributed by atoms with van der Waals surface area (Å²) in [5.74, 6) is -0.238. The van der Waals surface area contributed by atoms with E-state index in [-0.39, 0.29) is 18.4 Å². The van der Waals surface area contributed by atoms with E-state index in [0.717, 1.165) is 17.5 Å². The van der Waals surface area contributed by atoms with Gasteiger partial charge in [0.05, 0.1) is 24.6 Å². The molecule has 1 atom stereocenters. The minimum atomic E-state index is -4.36. The lowest BCUT2D eigenvalue weighted by molar-refractivity contribution is -0.137. The van der Waals surface area contributed by atoms with E-state index in [1.165, 1.54) is 12.1 Å². The first-order chi connectivity index (χ1) is 9.86. The van der Waals surface area contributed by atoms with Crippen LogP contribution in [0, 0.1) is 0 Å². The Bertz CT molecular complexity index is 443. The number of methoxy groups -OCH3 is 1. The molecular weight excluding hydrogens is 351 g/mol. The van der Waals surface area contributed by atoms with Crippen LogP contribution in [0.3, 0.4) is 0 Å². The highest BCUT2D eigenvalue weighted by Gasteiger charge is 2.29. The Morgan fingerprint density at radius 2 is 1.95 bits per heavy atom. The van der Waals surface area contributed by atoms with Crippen LogP contribution in [0.1, 0.15) is 17.5 Å². The zero-order valence-corrected chi connectivity index (χ0v) is 13.1. The van der Waals surface area contributed by atoms with Gasteiger partial charge in [0.15, 0.2) is 0 Å². The molecule has 0 aromatic heterocycles. The molecule has 1 aromatic rings. The van der Waals surface area contributed by atoms with E-state index in [4.69, 9.17) is 4.74 Å². The van der Waals surface area contributed by atoms with E-state index in [2.05, 4.69) is 21.2 Å². The normalized spacial score (nSPS) is 13.0. The number of halogens is 4. The first-order valence-corrected chi connectivity index (χ1v) is 7.49. The topological polar surface area (TPSA) is 38.3 Å². The van der Waals surface area contributed by atoms with Crippen LogP contribution >= 0.6 is 15.9 Å². The summed E-state index contributed by atoms with van der Waals surface area (Å²) in [6, 6.07) is 4.48. The monoisotopic (exact) mass is 367 g/mol. The SMILES string of the molecule is COCC(CCBr)NC(=O)Cc1ccc(C(F)(F)F)cc1. The second-order valence-corrected chi connectivity index (χ2v) is 5.36. The van der Waals surface area contributed by atoms with Crippen LogP contribution in [0.5, 0.6) is 0 Å². The smallest absolute Gasteiger partial charge is 0.383 e. The molecule has 0 aliphatic heterocycles. The second-order valence-electron chi connectivity index (χ2n) is 4.57. The lowest BCUT2D eigenvalue weighted by Gasteiger charge is -2.17. The predicted octanol–water partition coefficient (Wildman–Crippen LogP) is 3.16. The van der Waals surface area contributed by atoms with Crippen molar-refractivity contribution < 1.29 is 22.7 Å². The minimum Gasteiger partial charge on any atom is -0.383 e. The number of carbonyl (C=O) groups is 1. The van der Waals surface area contributed by atoms with Gasteiger partial charge in [0.2, 0.25) is 5.91 Å². The molecule has 21 heavy (non-hydrogen) atoms. The molecule has 1 aromatic carbocycles. The van der Waals surface area contributed by atoms with Crippen molar-refractivity contribution >= 4 is 21.8 Å². The molecule has 118 valence electrons. The molecule has 0 fully saturated rings. The number of benzene rings is 1. The van der Waals surface area contributed by atoms with Crippen molar-refractivity contribution in [1.82, 2.24) is 5.32 Å². The van der Waals surface area contributed by atoms with Gasteiger partial charge in [-0.3, -0.25) is 4.79 Å². The summed E-state index contributed by atoms with van der Waals surface area (Å²) in [4.78, 5) is 11.9. The number of alkyl halides is 4. The highest BCUT2D eigenvalue weighted by molar-refractivity contribution is 9.09. The maximum Gasteiger partial charge on any atom is 0.416 e. The van der Waals surface area contributed by atoms with E-state index < -0.39 is 11.7 Å². The lowest BCUT2D eigenvalue weighted by Crippen LogP contribution is -2.39. The molecule has 1 amide bonds. The molecule has 1 N–H and O–H groups in total. The molecule has 0 radical (unpaired) electrons. The maximum atomic E-state index is 12.4. The Balaban J connectivity index is 2.58. The molecule has 0 heterocycles. The van der Waals surface area contributed by atoms with Crippen LogP contribution in [-0.2, 0) is 22.1 Å². The molecule has 0 aliphatic rings. The summed E-state index contributed by atoms with van der Waals surface area (Å²) in [5, 5.41) is 3.52. The molecule has 0 aliphatic carbocycles. The predicted molar refractivity (Wildman–Crippen MR) is 77.4 cm³/mol. The average molecular weight is 368 g/mol. The standard InChI is InChI=1S/C14H17BrF3NO2/c1-21-9-12(6-7-15)19-13(20)8-10-2-4-11(5-3-10)14(16,17)18/h2-5,12H,6-9H2,1H3,(H,19,20). The Morgan fingerprint density at radius 1 is 1.33 bits per heavy atom. The third kappa shape index (κ3) is 6.48. The zero-order chi connectivity index (χ0) is 15.9. The van der Waals surface area contributed by atoms with E-state index in [9.17, 15) is 18.0 Å². The number of hydrogen-bond donors (Lipinski definition) is 1.